The summed E-state index contributed by atoms with van der Waals surface area (Å²) in [6.07, 6.45) is 3.59. The molecule has 32 heavy (non-hydrogen) atoms. The molecule has 1 aliphatic heterocycles. The number of ether oxygens (including phenoxy) is 3. The van der Waals surface area contributed by atoms with Crippen LogP contribution in [0.15, 0.2) is 71.3 Å². The minimum Gasteiger partial charge on any atom is -0.460 e. The van der Waals surface area contributed by atoms with Gasteiger partial charge in [-0.05, 0) is 57.5 Å². The number of dihydropyridines is 1. The molecule has 0 aliphatic carbocycles. The summed E-state index contributed by atoms with van der Waals surface area (Å²) in [6.45, 7) is 7.63. The fourth-order valence-corrected chi connectivity index (χ4v) is 3.81. The Morgan fingerprint density at radius 1 is 1.00 bits per heavy atom. The molecule has 170 valence electrons. The quantitative estimate of drug-likeness (QED) is 0.498. The van der Waals surface area contributed by atoms with E-state index in [2.05, 4.69) is 5.32 Å². The molecular weight excluding hydrogens is 408 g/mol. The molecular formula is C25H30N2O5. The van der Waals surface area contributed by atoms with Gasteiger partial charge < -0.3 is 24.1 Å². The Bertz CT molecular complexity index is 1030. The SMILES string of the molecule is COCCOC(=O)C1=C(C)NC(C)=C(C(=O)OC(C)C)C1c1cccc(-n2cccc2)c1. The number of carbonyl (C=O) groups is 2. The van der Waals surface area contributed by atoms with E-state index < -0.39 is 17.9 Å². The van der Waals surface area contributed by atoms with Crippen LogP contribution in [0.2, 0.25) is 0 Å². The highest BCUT2D eigenvalue weighted by atomic mass is 16.6. The van der Waals surface area contributed by atoms with Gasteiger partial charge in [-0.2, -0.15) is 0 Å². The lowest BCUT2D eigenvalue weighted by Crippen LogP contribution is -2.33. The molecule has 0 saturated carbocycles. The van der Waals surface area contributed by atoms with Gasteiger partial charge in [0.15, 0.2) is 0 Å². The fraction of sp³-hybridized carbons (Fsp3) is 0.360. The van der Waals surface area contributed by atoms with E-state index in [4.69, 9.17) is 14.2 Å². The number of rotatable bonds is 8. The number of esters is 2. The first-order valence-electron chi connectivity index (χ1n) is 10.6. The maximum atomic E-state index is 13.1. The second-order valence-electron chi connectivity index (χ2n) is 7.90. The number of nitrogens with one attached hydrogen (secondary N) is 1. The van der Waals surface area contributed by atoms with Gasteiger partial charge in [0.2, 0.25) is 0 Å². The predicted molar refractivity (Wildman–Crippen MR) is 121 cm³/mol. The molecule has 2 aromatic rings. The lowest BCUT2D eigenvalue weighted by molar-refractivity contribution is -0.143. The molecule has 7 heteroatoms. The minimum absolute atomic E-state index is 0.122. The van der Waals surface area contributed by atoms with E-state index in [9.17, 15) is 9.59 Å². The van der Waals surface area contributed by atoms with E-state index in [-0.39, 0.29) is 19.3 Å². The Morgan fingerprint density at radius 2 is 1.66 bits per heavy atom. The van der Waals surface area contributed by atoms with Crippen LogP contribution in [0.3, 0.4) is 0 Å². The van der Waals surface area contributed by atoms with Crippen molar-refractivity contribution in [3.63, 3.8) is 0 Å². The Labute approximate surface area is 188 Å². The monoisotopic (exact) mass is 438 g/mol. The van der Waals surface area contributed by atoms with Gasteiger partial charge in [-0.1, -0.05) is 12.1 Å². The van der Waals surface area contributed by atoms with Crippen LogP contribution < -0.4 is 5.32 Å². The van der Waals surface area contributed by atoms with Gasteiger partial charge in [0.05, 0.1) is 29.8 Å². The van der Waals surface area contributed by atoms with E-state index in [1.54, 1.807) is 21.0 Å². The van der Waals surface area contributed by atoms with Crippen molar-refractivity contribution in [1.29, 1.82) is 0 Å². The van der Waals surface area contributed by atoms with Gasteiger partial charge in [0.1, 0.15) is 6.61 Å². The first kappa shape index (κ1) is 23.3. The zero-order valence-electron chi connectivity index (χ0n) is 19.2. The van der Waals surface area contributed by atoms with E-state index in [0.717, 1.165) is 11.3 Å². The molecule has 0 radical (unpaired) electrons. The summed E-state index contributed by atoms with van der Waals surface area (Å²) in [7, 11) is 1.54. The molecule has 1 unspecified atom stereocenters. The zero-order valence-corrected chi connectivity index (χ0v) is 19.2. The number of hydrogen-bond acceptors (Lipinski definition) is 6. The first-order valence-corrected chi connectivity index (χ1v) is 10.6. The lowest BCUT2D eigenvalue weighted by atomic mass is 9.80. The number of aromatic nitrogens is 1. The predicted octanol–water partition coefficient (Wildman–Crippen LogP) is 3.85. The largest absolute Gasteiger partial charge is 0.460 e. The van der Waals surface area contributed by atoms with Crippen molar-refractivity contribution < 1.29 is 23.8 Å². The Kier molecular flexibility index (Phi) is 7.53. The summed E-state index contributed by atoms with van der Waals surface area (Å²) < 4.78 is 18.0. The van der Waals surface area contributed by atoms with E-state index in [1.807, 2.05) is 67.2 Å². The van der Waals surface area contributed by atoms with E-state index in [1.165, 1.54) is 0 Å². The Morgan fingerprint density at radius 3 is 2.28 bits per heavy atom. The maximum absolute atomic E-state index is 13.1. The first-order chi connectivity index (χ1) is 15.3. The Balaban J connectivity index is 2.10. The summed E-state index contributed by atoms with van der Waals surface area (Å²) in [6, 6.07) is 11.7. The van der Waals surface area contributed by atoms with Crippen LogP contribution in [0.5, 0.6) is 0 Å². The summed E-state index contributed by atoms with van der Waals surface area (Å²) in [5.74, 6) is -1.59. The van der Waals surface area contributed by atoms with Crippen LogP contribution in [-0.2, 0) is 23.8 Å². The van der Waals surface area contributed by atoms with Crippen LogP contribution >= 0.6 is 0 Å². The summed E-state index contributed by atoms with van der Waals surface area (Å²) in [4.78, 5) is 26.3. The molecule has 1 atom stereocenters. The third-order valence-corrected chi connectivity index (χ3v) is 5.17. The molecule has 1 aliphatic rings. The van der Waals surface area contributed by atoms with Gasteiger partial charge in [0.25, 0.3) is 0 Å². The van der Waals surface area contributed by atoms with Crippen molar-refractivity contribution in [2.45, 2.75) is 39.7 Å². The zero-order chi connectivity index (χ0) is 23.3. The number of allylic oxidation sites excluding steroid dienone is 2. The van der Waals surface area contributed by atoms with Crippen LogP contribution in [0, 0.1) is 0 Å². The number of nitrogens with zero attached hydrogens (tertiary/aromatic N) is 1. The highest BCUT2D eigenvalue weighted by Crippen LogP contribution is 2.40. The van der Waals surface area contributed by atoms with Gasteiger partial charge in [0, 0.05) is 36.6 Å². The summed E-state index contributed by atoms with van der Waals surface area (Å²) in [5, 5.41) is 3.17. The van der Waals surface area contributed by atoms with Crippen molar-refractivity contribution in [2.24, 2.45) is 0 Å². The highest BCUT2D eigenvalue weighted by Gasteiger charge is 2.38. The smallest absolute Gasteiger partial charge is 0.337 e. The summed E-state index contributed by atoms with van der Waals surface area (Å²) in [5.41, 5.74) is 3.79. The van der Waals surface area contributed by atoms with Gasteiger partial charge in [-0.15, -0.1) is 0 Å². The molecule has 0 saturated heterocycles. The molecule has 2 heterocycles. The minimum atomic E-state index is -0.631. The van der Waals surface area contributed by atoms with Crippen molar-refractivity contribution in [3.05, 3.63) is 76.9 Å². The van der Waals surface area contributed by atoms with E-state index >= 15 is 0 Å². The number of benzene rings is 1. The van der Waals surface area contributed by atoms with Crippen LogP contribution in [0.1, 0.15) is 39.2 Å². The molecule has 3 rings (SSSR count). The van der Waals surface area contributed by atoms with Crippen molar-refractivity contribution in [2.75, 3.05) is 20.3 Å². The molecule has 1 N–H and O–H groups in total. The molecule has 0 fully saturated rings. The number of methoxy groups -OCH3 is 1. The fourth-order valence-electron chi connectivity index (χ4n) is 3.81. The van der Waals surface area contributed by atoms with Crippen molar-refractivity contribution in [3.8, 4) is 5.69 Å². The number of hydrogen-bond donors (Lipinski definition) is 1. The van der Waals surface area contributed by atoms with E-state index in [0.29, 0.717) is 22.5 Å². The maximum Gasteiger partial charge on any atom is 0.337 e. The normalized spacial score (nSPS) is 16.2. The second-order valence-corrected chi connectivity index (χ2v) is 7.90. The van der Waals surface area contributed by atoms with Gasteiger partial charge >= 0.3 is 11.9 Å². The highest BCUT2D eigenvalue weighted by molar-refractivity contribution is 6.00. The number of carbonyl (C=O) groups excluding carboxylic acids is 2. The lowest BCUT2D eigenvalue weighted by Gasteiger charge is -2.31. The average molecular weight is 439 g/mol. The second kappa shape index (κ2) is 10.3. The van der Waals surface area contributed by atoms with Crippen molar-refractivity contribution in [1.82, 2.24) is 9.88 Å². The third kappa shape index (κ3) is 5.11. The molecule has 7 nitrogen and oxygen atoms in total. The summed E-state index contributed by atoms with van der Waals surface area (Å²) >= 11 is 0. The molecule has 1 aromatic carbocycles. The molecule has 0 amide bonds. The van der Waals surface area contributed by atoms with Crippen LogP contribution in [0.25, 0.3) is 5.69 Å². The molecule has 1 aromatic heterocycles. The third-order valence-electron chi connectivity index (χ3n) is 5.17. The standard InChI is InChI=1S/C25H30N2O5/c1-16(2)32-25(29)22-18(4)26-17(3)21(24(28)31-14-13-30-5)23(22)19-9-8-10-20(15-19)27-11-6-7-12-27/h6-12,15-16,23,26H,13-14H2,1-5H3. The van der Waals surface area contributed by atoms with Gasteiger partial charge in [-0.25, -0.2) is 9.59 Å². The van der Waals surface area contributed by atoms with Gasteiger partial charge in [-0.3, -0.25) is 0 Å². The average Bonchev–Trinajstić information content (AvgIpc) is 3.27. The molecule has 0 spiro atoms. The Hall–Kier alpha value is -3.32. The molecule has 0 bridgehead atoms. The van der Waals surface area contributed by atoms with Crippen LogP contribution in [0.4, 0.5) is 0 Å². The van der Waals surface area contributed by atoms with Crippen LogP contribution in [-0.4, -0.2) is 42.9 Å². The van der Waals surface area contributed by atoms with Crippen molar-refractivity contribution >= 4 is 11.9 Å². The topological polar surface area (TPSA) is 78.8 Å².